The molecule has 0 aliphatic rings. The summed E-state index contributed by atoms with van der Waals surface area (Å²) in [5.41, 5.74) is 6.37. The van der Waals surface area contributed by atoms with Crippen molar-refractivity contribution >= 4 is 5.71 Å². The Kier molecular flexibility index (Phi) is 3.80. The average molecular weight is 204 g/mol. The Hall–Kier alpha value is -1.90. The number of hydrogen-bond donors (Lipinski definition) is 1. The third-order valence-electron chi connectivity index (χ3n) is 1.89. The van der Waals surface area contributed by atoms with Crippen LogP contribution in [0.1, 0.15) is 12.5 Å². The van der Waals surface area contributed by atoms with E-state index >= 15 is 0 Å². The first-order chi connectivity index (χ1) is 7.19. The molecule has 1 aromatic rings. The van der Waals surface area contributed by atoms with Gasteiger partial charge in [0.05, 0.1) is 5.71 Å². The minimum absolute atomic E-state index is 0.333. The summed E-state index contributed by atoms with van der Waals surface area (Å²) in [6.07, 6.45) is 3.12. The Morgan fingerprint density at radius 2 is 2.13 bits per heavy atom. The summed E-state index contributed by atoms with van der Waals surface area (Å²) in [6, 6.07) is 6.38. The maximum atomic E-state index is 13.4. The average Bonchev–Trinajstić information content (AvgIpc) is 2.26. The summed E-state index contributed by atoms with van der Waals surface area (Å²) >= 11 is 0. The van der Waals surface area contributed by atoms with Crippen molar-refractivity contribution in [2.45, 2.75) is 6.92 Å². The fraction of sp³-hybridized carbons (Fsp3) is 0.0833. The molecule has 0 aliphatic carbocycles. The second kappa shape index (κ2) is 5.10. The smallest absolute Gasteiger partial charge is 0.132 e. The van der Waals surface area contributed by atoms with Crippen LogP contribution in [0.3, 0.4) is 0 Å². The van der Waals surface area contributed by atoms with Crippen molar-refractivity contribution in [1.82, 2.24) is 0 Å². The third-order valence-corrected chi connectivity index (χ3v) is 1.89. The van der Waals surface area contributed by atoms with E-state index in [4.69, 9.17) is 5.73 Å². The summed E-state index contributed by atoms with van der Waals surface area (Å²) in [4.78, 5) is 4.04. The summed E-state index contributed by atoms with van der Waals surface area (Å²) in [7, 11) is 0. The Labute approximate surface area is 88.6 Å². The number of nitrogens with zero attached hydrogens (tertiary/aromatic N) is 1. The van der Waals surface area contributed by atoms with Gasteiger partial charge in [0.25, 0.3) is 0 Å². The lowest BCUT2D eigenvalue weighted by molar-refractivity contribution is 0.625. The van der Waals surface area contributed by atoms with E-state index < -0.39 is 0 Å². The van der Waals surface area contributed by atoms with Crippen LogP contribution in [0, 0.1) is 5.82 Å². The molecule has 15 heavy (non-hydrogen) atoms. The molecule has 3 heteroatoms. The van der Waals surface area contributed by atoms with Crippen molar-refractivity contribution in [2.24, 2.45) is 10.7 Å². The molecular formula is C12H13FN2. The van der Waals surface area contributed by atoms with Crippen LogP contribution in [-0.2, 0) is 0 Å². The quantitative estimate of drug-likeness (QED) is 0.755. The Morgan fingerprint density at radius 3 is 2.67 bits per heavy atom. The van der Waals surface area contributed by atoms with Gasteiger partial charge in [0.2, 0.25) is 0 Å². The molecule has 78 valence electrons. The maximum Gasteiger partial charge on any atom is 0.132 e. The summed E-state index contributed by atoms with van der Waals surface area (Å²) < 4.78 is 13.4. The highest BCUT2D eigenvalue weighted by atomic mass is 19.1. The molecule has 0 heterocycles. The third kappa shape index (κ3) is 2.77. The molecule has 2 nitrogen and oxygen atoms in total. The Morgan fingerprint density at radius 1 is 1.47 bits per heavy atom. The van der Waals surface area contributed by atoms with Crippen molar-refractivity contribution in [2.75, 3.05) is 0 Å². The number of aliphatic imine (C=N–C) groups is 1. The molecule has 0 unspecified atom stereocenters. The van der Waals surface area contributed by atoms with E-state index in [0.29, 0.717) is 17.1 Å². The van der Waals surface area contributed by atoms with Gasteiger partial charge in [-0.25, -0.2) is 9.38 Å². The van der Waals surface area contributed by atoms with Crippen LogP contribution in [-0.4, -0.2) is 5.71 Å². The van der Waals surface area contributed by atoms with Crippen molar-refractivity contribution in [3.05, 3.63) is 60.2 Å². The van der Waals surface area contributed by atoms with Gasteiger partial charge in [0.1, 0.15) is 11.6 Å². The highest BCUT2D eigenvalue weighted by molar-refractivity contribution is 6.09. The van der Waals surface area contributed by atoms with Gasteiger partial charge in [-0.1, -0.05) is 18.7 Å². The van der Waals surface area contributed by atoms with Crippen LogP contribution in [0.15, 0.2) is 53.8 Å². The molecule has 0 amide bonds. The predicted molar refractivity (Wildman–Crippen MR) is 61.1 cm³/mol. The molecular weight excluding hydrogens is 191 g/mol. The summed E-state index contributed by atoms with van der Waals surface area (Å²) in [5.74, 6) is 0.00760. The Balaban J connectivity index is 3.20. The Bertz CT molecular complexity index is 419. The summed E-state index contributed by atoms with van der Waals surface area (Å²) in [6.45, 7) is 5.35. The molecule has 0 radical (unpaired) electrons. The number of hydrogen-bond acceptors (Lipinski definition) is 2. The standard InChI is InChI=1S/C12H13FN2/c1-3-11(15-12(14)4-2)9-7-5-6-8-10(9)13/h3-8H,1,14H2,2H3/b12-4-,15-11+. The van der Waals surface area contributed by atoms with Crippen LogP contribution >= 0.6 is 0 Å². The topological polar surface area (TPSA) is 38.4 Å². The van der Waals surface area contributed by atoms with Crippen molar-refractivity contribution in [3.8, 4) is 0 Å². The number of nitrogens with two attached hydrogens (primary N) is 1. The van der Waals surface area contributed by atoms with E-state index in [0.717, 1.165) is 0 Å². The minimum Gasteiger partial charge on any atom is -0.384 e. The highest BCUT2D eigenvalue weighted by Gasteiger charge is 2.05. The van der Waals surface area contributed by atoms with Crippen LogP contribution in [0.5, 0.6) is 0 Å². The van der Waals surface area contributed by atoms with Gasteiger partial charge in [0, 0.05) is 5.56 Å². The lowest BCUT2D eigenvalue weighted by atomic mass is 10.1. The zero-order valence-electron chi connectivity index (χ0n) is 8.57. The number of allylic oxidation sites excluding steroid dienone is 2. The number of benzene rings is 1. The fourth-order valence-electron chi connectivity index (χ4n) is 1.09. The largest absolute Gasteiger partial charge is 0.384 e. The SMILES string of the molecule is C=C/C(=N\C(N)=C/C)c1ccccc1F. The molecule has 0 fully saturated rings. The molecule has 0 saturated heterocycles. The monoisotopic (exact) mass is 204 g/mol. The van der Waals surface area contributed by atoms with Crippen molar-refractivity contribution in [1.29, 1.82) is 0 Å². The molecule has 2 N–H and O–H groups in total. The van der Waals surface area contributed by atoms with Crippen LogP contribution in [0.25, 0.3) is 0 Å². The van der Waals surface area contributed by atoms with Crippen molar-refractivity contribution in [3.63, 3.8) is 0 Å². The predicted octanol–water partition coefficient (Wildman–Crippen LogP) is 2.62. The van der Waals surface area contributed by atoms with E-state index in [1.165, 1.54) is 12.1 Å². The highest BCUT2D eigenvalue weighted by Crippen LogP contribution is 2.09. The second-order valence-electron chi connectivity index (χ2n) is 2.89. The lowest BCUT2D eigenvalue weighted by Crippen LogP contribution is -2.03. The van der Waals surface area contributed by atoms with Crippen LogP contribution in [0.4, 0.5) is 4.39 Å². The van der Waals surface area contributed by atoms with E-state index in [-0.39, 0.29) is 5.82 Å². The second-order valence-corrected chi connectivity index (χ2v) is 2.89. The lowest BCUT2D eigenvalue weighted by Gasteiger charge is -2.02. The first kappa shape index (κ1) is 11.2. The molecule has 0 atom stereocenters. The van der Waals surface area contributed by atoms with E-state index in [9.17, 15) is 4.39 Å². The molecule has 0 bridgehead atoms. The van der Waals surface area contributed by atoms with E-state index in [2.05, 4.69) is 11.6 Å². The molecule has 0 spiro atoms. The van der Waals surface area contributed by atoms with Gasteiger partial charge < -0.3 is 5.73 Å². The van der Waals surface area contributed by atoms with Crippen molar-refractivity contribution < 1.29 is 4.39 Å². The van der Waals surface area contributed by atoms with Crippen LogP contribution in [0.2, 0.25) is 0 Å². The molecule has 1 rings (SSSR count). The first-order valence-electron chi connectivity index (χ1n) is 4.57. The number of rotatable bonds is 3. The van der Waals surface area contributed by atoms with E-state index in [1.54, 1.807) is 31.2 Å². The molecule has 0 saturated carbocycles. The zero-order valence-corrected chi connectivity index (χ0v) is 8.57. The fourth-order valence-corrected chi connectivity index (χ4v) is 1.09. The molecule has 0 aromatic heterocycles. The molecule has 0 aliphatic heterocycles. The first-order valence-corrected chi connectivity index (χ1v) is 4.57. The minimum atomic E-state index is -0.333. The van der Waals surface area contributed by atoms with E-state index in [1.807, 2.05) is 0 Å². The zero-order chi connectivity index (χ0) is 11.3. The van der Waals surface area contributed by atoms with Gasteiger partial charge in [-0.15, -0.1) is 0 Å². The summed E-state index contributed by atoms with van der Waals surface area (Å²) in [5, 5.41) is 0. The van der Waals surface area contributed by atoms with Gasteiger partial charge in [0.15, 0.2) is 0 Å². The molecule has 1 aromatic carbocycles. The number of halogens is 1. The normalized spacial score (nSPS) is 12.7. The van der Waals surface area contributed by atoms with Gasteiger partial charge in [-0.2, -0.15) is 0 Å². The maximum absolute atomic E-state index is 13.4. The van der Waals surface area contributed by atoms with Gasteiger partial charge in [-0.05, 0) is 31.2 Å². The van der Waals surface area contributed by atoms with Gasteiger partial charge in [-0.3, -0.25) is 0 Å². The van der Waals surface area contributed by atoms with Gasteiger partial charge >= 0.3 is 0 Å². The van der Waals surface area contributed by atoms with Crippen LogP contribution < -0.4 is 5.73 Å².